The number of hydrogen-bond donors (Lipinski definition) is 1. The van der Waals surface area contributed by atoms with E-state index in [2.05, 4.69) is 27.8 Å². The first-order chi connectivity index (χ1) is 10.5. The van der Waals surface area contributed by atoms with E-state index in [0.29, 0.717) is 0 Å². The van der Waals surface area contributed by atoms with Gasteiger partial charge in [-0.15, -0.1) is 0 Å². The van der Waals surface area contributed by atoms with Crippen molar-refractivity contribution in [2.75, 3.05) is 57.8 Å². The summed E-state index contributed by atoms with van der Waals surface area (Å²) in [6, 6.07) is 8.06. The molecule has 3 rings (SSSR count). The largest absolute Gasteiger partial charge is 0.387 e. The zero-order valence-corrected chi connectivity index (χ0v) is 14.1. The molecule has 1 N–H and O–H groups in total. The first kappa shape index (κ1) is 16.1. The van der Waals surface area contributed by atoms with Crippen LogP contribution in [0.3, 0.4) is 0 Å². The highest BCUT2D eigenvalue weighted by atomic mass is 35.5. The summed E-state index contributed by atoms with van der Waals surface area (Å²) in [5.74, 6) is 0. The maximum absolute atomic E-state index is 10.8. The van der Waals surface area contributed by atoms with Crippen LogP contribution in [0.25, 0.3) is 0 Å². The van der Waals surface area contributed by atoms with E-state index in [4.69, 9.17) is 11.6 Å². The Morgan fingerprint density at radius 3 is 2.64 bits per heavy atom. The normalized spacial score (nSPS) is 28.0. The van der Waals surface area contributed by atoms with Crippen molar-refractivity contribution in [1.29, 1.82) is 0 Å². The predicted molar refractivity (Wildman–Crippen MR) is 91.8 cm³/mol. The molecule has 2 saturated heterocycles. The van der Waals surface area contributed by atoms with Crippen LogP contribution in [0.1, 0.15) is 12.8 Å². The van der Waals surface area contributed by atoms with E-state index in [-0.39, 0.29) is 0 Å². The van der Waals surface area contributed by atoms with Gasteiger partial charge in [-0.25, -0.2) is 0 Å². The minimum absolute atomic E-state index is 0.536. The van der Waals surface area contributed by atoms with Crippen molar-refractivity contribution < 1.29 is 5.11 Å². The maximum atomic E-state index is 10.8. The zero-order valence-electron chi connectivity index (χ0n) is 13.3. The molecule has 22 heavy (non-hydrogen) atoms. The molecule has 0 saturated carbocycles. The van der Waals surface area contributed by atoms with Gasteiger partial charge in [0.1, 0.15) is 0 Å². The van der Waals surface area contributed by atoms with Gasteiger partial charge in [-0.3, -0.25) is 4.90 Å². The second-order valence-electron chi connectivity index (χ2n) is 6.81. The third-order valence-electron chi connectivity index (χ3n) is 4.81. The van der Waals surface area contributed by atoms with Crippen molar-refractivity contribution in [3.63, 3.8) is 0 Å². The number of nitrogens with zero attached hydrogens (tertiary/aromatic N) is 3. The van der Waals surface area contributed by atoms with Crippen molar-refractivity contribution in [3.05, 3.63) is 29.3 Å². The first-order valence-electron chi connectivity index (χ1n) is 8.18. The molecule has 0 spiro atoms. The number of piperazine rings is 1. The zero-order chi connectivity index (χ0) is 15.6. The van der Waals surface area contributed by atoms with Gasteiger partial charge in [0, 0.05) is 50.0 Å². The molecule has 122 valence electrons. The minimum Gasteiger partial charge on any atom is -0.387 e. The molecule has 0 unspecified atom stereocenters. The molecule has 0 aliphatic carbocycles. The second-order valence-corrected chi connectivity index (χ2v) is 7.25. The van der Waals surface area contributed by atoms with Gasteiger partial charge in [0.25, 0.3) is 0 Å². The summed E-state index contributed by atoms with van der Waals surface area (Å²) >= 11 is 6.08. The first-order valence-corrected chi connectivity index (χ1v) is 8.56. The lowest BCUT2D eigenvalue weighted by molar-refractivity contribution is -0.0478. The van der Waals surface area contributed by atoms with Crippen molar-refractivity contribution >= 4 is 17.3 Å². The fraction of sp³-hybridized carbons (Fsp3) is 0.647. The lowest BCUT2D eigenvalue weighted by Gasteiger charge is -2.43. The second kappa shape index (κ2) is 6.75. The van der Waals surface area contributed by atoms with Crippen LogP contribution in [0.2, 0.25) is 5.02 Å². The number of likely N-dealkylation sites (tertiary alicyclic amines) is 1. The van der Waals surface area contributed by atoms with E-state index in [0.717, 1.165) is 63.7 Å². The topological polar surface area (TPSA) is 30.0 Å². The molecule has 5 heteroatoms. The lowest BCUT2D eigenvalue weighted by Crippen LogP contribution is -2.56. The van der Waals surface area contributed by atoms with Gasteiger partial charge < -0.3 is 14.9 Å². The van der Waals surface area contributed by atoms with Gasteiger partial charge in [0.15, 0.2) is 0 Å². The van der Waals surface area contributed by atoms with Gasteiger partial charge in [0.05, 0.1) is 5.60 Å². The molecule has 0 bridgehead atoms. The Labute approximate surface area is 138 Å². The van der Waals surface area contributed by atoms with Crippen LogP contribution in [0.5, 0.6) is 0 Å². The Hall–Kier alpha value is -0.810. The number of anilines is 1. The molecule has 2 fully saturated rings. The van der Waals surface area contributed by atoms with Gasteiger partial charge >= 0.3 is 0 Å². The van der Waals surface area contributed by atoms with Gasteiger partial charge in [0.2, 0.25) is 0 Å². The van der Waals surface area contributed by atoms with Crippen molar-refractivity contribution in [3.8, 4) is 0 Å². The Balaban J connectivity index is 1.53. The Morgan fingerprint density at radius 1 is 1.18 bits per heavy atom. The molecular formula is C17H26ClN3O. The Bertz CT molecular complexity index is 504. The van der Waals surface area contributed by atoms with Gasteiger partial charge in [-0.05, 0) is 44.6 Å². The molecule has 1 aromatic rings. The van der Waals surface area contributed by atoms with Crippen LogP contribution >= 0.6 is 11.6 Å². The summed E-state index contributed by atoms with van der Waals surface area (Å²) in [6.07, 6.45) is 2.02. The van der Waals surface area contributed by atoms with Gasteiger partial charge in [-0.1, -0.05) is 17.7 Å². The lowest BCUT2D eigenvalue weighted by atomic mass is 9.92. The highest BCUT2D eigenvalue weighted by molar-refractivity contribution is 6.30. The number of hydrogen-bond acceptors (Lipinski definition) is 4. The molecule has 4 nitrogen and oxygen atoms in total. The summed E-state index contributed by atoms with van der Waals surface area (Å²) in [5.41, 5.74) is 0.661. The molecule has 0 amide bonds. The summed E-state index contributed by atoms with van der Waals surface area (Å²) in [7, 11) is 2.10. The van der Waals surface area contributed by atoms with Crippen LogP contribution in [0.4, 0.5) is 5.69 Å². The minimum atomic E-state index is -0.536. The number of likely N-dealkylation sites (N-methyl/N-ethyl adjacent to an activating group) is 1. The van der Waals surface area contributed by atoms with E-state index in [9.17, 15) is 5.11 Å². The summed E-state index contributed by atoms with van der Waals surface area (Å²) in [6.45, 7) is 6.67. The number of aliphatic hydroxyl groups is 1. The Kier molecular flexibility index (Phi) is 4.93. The SMILES string of the molecule is CN1CCC[C@@](O)(CN2CCN(c3cccc(Cl)c3)CC2)C1. The van der Waals surface area contributed by atoms with Crippen LogP contribution in [-0.2, 0) is 0 Å². The van der Waals surface area contributed by atoms with Crippen molar-refractivity contribution in [2.45, 2.75) is 18.4 Å². The van der Waals surface area contributed by atoms with E-state index < -0.39 is 5.60 Å². The smallest absolute Gasteiger partial charge is 0.0900 e. The summed E-state index contributed by atoms with van der Waals surface area (Å²) in [5, 5.41) is 11.6. The van der Waals surface area contributed by atoms with Gasteiger partial charge in [-0.2, -0.15) is 0 Å². The number of rotatable bonds is 3. The quantitative estimate of drug-likeness (QED) is 0.920. The number of piperidine rings is 1. The monoisotopic (exact) mass is 323 g/mol. The van der Waals surface area contributed by atoms with E-state index >= 15 is 0 Å². The molecule has 1 atom stereocenters. The van der Waals surface area contributed by atoms with Crippen LogP contribution < -0.4 is 4.90 Å². The molecule has 2 aliphatic rings. The third-order valence-corrected chi connectivity index (χ3v) is 5.04. The fourth-order valence-corrected chi connectivity index (χ4v) is 3.91. The molecule has 2 aliphatic heterocycles. The number of halogens is 1. The maximum Gasteiger partial charge on any atom is 0.0900 e. The molecular weight excluding hydrogens is 298 g/mol. The van der Waals surface area contributed by atoms with E-state index in [1.165, 1.54) is 5.69 Å². The van der Waals surface area contributed by atoms with Crippen LogP contribution in [0, 0.1) is 0 Å². The van der Waals surface area contributed by atoms with E-state index in [1.54, 1.807) is 0 Å². The molecule has 2 heterocycles. The van der Waals surface area contributed by atoms with Crippen LogP contribution in [-0.4, -0.2) is 73.4 Å². The predicted octanol–water partition coefficient (Wildman–Crippen LogP) is 1.92. The standard InChI is InChI=1S/C17H26ClN3O/c1-19-7-3-6-17(22,13-19)14-20-8-10-21(11-9-20)16-5-2-4-15(18)12-16/h2,4-5,12,22H,3,6-11,13-14H2,1H3/t17-/m0/s1. The third kappa shape index (κ3) is 3.93. The Morgan fingerprint density at radius 2 is 1.95 bits per heavy atom. The summed E-state index contributed by atoms with van der Waals surface area (Å²) in [4.78, 5) is 7.02. The average Bonchev–Trinajstić information content (AvgIpc) is 2.47. The molecule has 0 radical (unpaired) electrons. The molecule has 1 aromatic carbocycles. The van der Waals surface area contributed by atoms with E-state index in [1.807, 2.05) is 18.2 Å². The van der Waals surface area contributed by atoms with Crippen LogP contribution in [0.15, 0.2) is 24.3 Å². The summed E-state index contributed by atoms with van der Waals surface area (Å²) < 4.78 is 0. The average molecular weight is 324 g/mol. The van der Waals surface area contributed by atoms with Crippen molar-refractivity contribution in [2.24, 2.45) is 0 Å². The highest BCUT2D eigenvalue weighted by Gasteiger charge is 2.34. The molecule has 0 aromatic heterocycles. The number of benzene rings is 1. The number of β-amino-alcohol motifs (C(OH)–C–C–N with tert-alkyl or cyclic N) is 1. The highest BCUT2D eigenvalue weighted by Crippen LogP contribution is 2.24. The fourth-order valence-electron chi connectivity index (χ4n) is 3.72. The van der Waals surface area contributed by atoms with Crippen molar-refractivity contribution in [1.82, 2.24) is 9.80 Å².